The minimum absolute atomic E-state index is 0.156. The van der Waals surface area contributed by atoms with Crippen LogP contribution < -0.4 is 10.6 Å². The molecule has 4 heteroatoms. The number of hydrogen-bond acceptors (Lipinski definition) is 2. The van der Waals surface area contributed by atoms with Crippen LogP contribution >= 0.6 is 0 Å². The Balaban J connectivity index is 2.10. The Labute approximate surface area is 106 Å². The smallest absolute Gasteiger partial charge is 0.314 e. The molecule has 1 aromatic heterocycles. The first-order valence-electron chi connectivity index (χ1n) is 6.19. The first-order valence-corrected chi connectivity index (χ1v) is 6.19. The van der Waals surface area contributed by atoms with E-state index in [-0.39, 0.29) is 6.03 Å². The fourth-order valence-corrected chi connectivity index (χ4v) is 1.94. The fraction of sp³-hybridized carbons (Fsp3) is 0.357. The molecule has 18 heavy (non-hydrogen) atoms. The first-order chi connectivity index (χ1) is 8.74. The van der Waals surface area contributed by atoms with Crippen LogP contribution in [0.25, 0.3) is 11.0 Å². The highest BCUT2D eigenvalue weighted by Crippen LogP contribution is 2.23. The summed E-state index contributed by atoms with van der Waals surface area (Å²) in [5.74, 6) is 0. The van der Waals surface area contributed by atoms with E-state index in [2.05, 4.69) is 29.7 Å². The van der Waals surface area contributed by atoms with Crippen LogP contribution in [-0.2, 0) is 12.8 Å². The number of carbonyl (C=O) groups excluding carboxylic acids is 1. The van der Waals surface area contributed by atoms with Gasteiger partial charge in [0.05, 0.1) is 6.26 Å². The van der Waals surface area contributed by atoms with Crippen molar-refractivity contribution in [3.63, 3.8) is 0 Å². The van der Waals surface area contributed by atoms with Crippen molar-refractivity contribution in [2.45, 2.75) is 19.8 Å². The molecule has 1 heterocycles. The van der Waals surface area contributed by atoms with Gasteiger partial charge in [-0.25, -0.2) is 4.79 Å². The standard InChI is InChI=1S/C14H18N2O2/c1-3-10-4-5-13-12(8-10)11(9-18-13)6-7-16-14(17)15-2/h4-5,8-9H,3,6-7H2,1-2H3,(H2,15,16,17). The van der Waals surface area contributed by atoms with Gasteiger partial charge in [-0.15, -0.1) is 0 Å². The van der Waals surface area contributed by atoms with Gasteiger partial charge in [0.15, 0.2) is 0 Å². The minimum Gasteiger partial charge on any atom is -0.464 e. The van der Waals surface area contributed by atoms with E-state index < -0.39 is 0 Å². The lowest BCUT2D eigenvalue weighted by Crippen LogP contribution is -2.33. The third-order valence-corrected chi connectivity index (χ3v) is 3.03. The molecule has 0 saturated heterocycles. The molecule has 0 bridgehead atoms. The van der Waals surface area contributed by atoms with Crippen LogP contribution in [0.4, 0.5) is 4.79 Å². The molecule has 2 amide bonds. The lowest BCUT2D eigenvalue weighted by molar-refractivity contribution is 0.243. The van der Waals surface area contributed by atoms with Gasteiger partial charge in [0.1, 0.15) is 5.58 Å². The highest BCUT2D eigenvalue weighted by Gasteiger charge is 2.06. The van der Waals surface area contributed by atoms with E-state index in [0.717, 1.165) is 29.4 Å². The Bertz CT molecular complexity index is 546. The van der Waals surface area contributed by atoms with E-state index in [1.165, 1.54) is 5.56 Å². The number of furan rings is 1. The largest absolute Gasteiger partial charge is 0.464 e. The normalized spacial score (nSPS) is 10.6. The summed E-state index contributed by atoms with van der Waals surface area (Å²) in [6, 6.07) is 6.09. The number of urea groups is 1. The van der Waals surface area contributed by atoms with Gasteiger partial charge >= 0.3 is 6.03 Å². The molecule has 0 aliphatic carbocycles. The van der Waals surface area contributed by atoms with Crippen LogP contribution in [0.15, 0.2) is 28.9 Å². The predicted octanol–water partition coefficient (Wildman–Crippen LogP) is 2.47. The maximum atomic E-state index is 11.1. The van der Waals surface area contributed by atoms with Gasteiger partial charge in [-0.05, 0) is 36.1 Å². The zero-order valence-corrected chi connectivity index (χ0v) is 10.7. The Kier molecular flexibility index (Phi) is 3.87. The molecule has 0 spiro atoms. The van der Waals surface area contributed by atoms with E-state index in [1.54, 1.807) is 13.3 Å². The van der Waals surface area contributed by atoms with E-state index in [1.807, 2.05) is 6.07 Å². The van der Waals surface area contributed by atoms with Crippen molar-refractivity contribution in [3.05, 3.63) is 35.6 Å². The van der Waals surface area contributed by atoms with Crippen molar-refractivity contribution in [1.82, 2.24) is 10.6 Å². The van der Waals surface area contributed by atoms with Crippen LogP contribution in [0.5, 0.6) is 0 Å². The summed E-state index contributed by atoms with van der Waals surface area (Å²) in [5, 5.41) is 6.45. The number of fused-ring (bicyclic) bond motifs is 1. The van der Waals surface area contributed by atoms with Gasteiger partial charge in [-0.1, -0.05) is 13.0 Å². The Morgan fingerprint density at radius 2 is 2.22 bits per heavy atom. The molecule has 4 nitrogen and oxygen atoms in total. The van der Waals surface area contributed by atoms with Crippen molar-refractivity contribution in [3.8, 4) is 0 Å². The van der Waals surface area contributed by atoms with Crippen molar-refractivity contribution in [2.75, 3.05) is 13.6 Å². The lowest BCUT2D eigenvalue weighted by Gasteiger charge is -2.03. The van der Waals surface area contributed by atoms with Gasteiger partial charge in [0.25, 0.3) is 0 Å². The van der Waals surface area contributed by atoms with Gasteiger partial charge in [0.2, 0.25) is 0 Å². The fourth-order valence-electron chi connectivity index (χ4n) is 1.94. The molecule has 0 radical (unpaired) electrons. The van der Waals surface area contributed by atoms with E-state index >= 15 is 0 Å². The minimum atomic E-state index is -0.156. The molecule has 96 valence electrons. The van der Waals surface area contributed by atoms with Crippen molar-refractivity contribution < 1.29 is 9.21 Å². The summed E-state index contributed by atoms with van der Waals surface area (Å²) < 4.78 is 5.50. The average Bonchev–Trinajstić information content (AvgIpc) is 2.81. The molecule has 0 fully saturated rings. The number of nitrogens with one attached hydrogen (secondary N) is 2. The van der Waals surface area contributed by atoms with Crippen LogP contribution in [0.2, 0.25) is 0 Å². The quantitative estimate of drug-likeness (QED) is 0.870. The summed E-state index contributed by atoms with van der Waals surface area (Å²) >= 11 is 0. The first kappa shape index (κ1) is 12.5. The number of benzene rings is 1. The molecule has 0 unspecified atom stereocenters. The zero-order valence-electron chi connectivity index (χ0n) is 10.7. The molecule has 2 rings (SSSR count). The highest BCUT2D eigenvalue weighted by molar-refractivity contribution is 5.82. The number of aryl methyl sites for hydroxylation is 1. The summed E-state index contributed by atoms with van der Waals surface area (Å²) in [7, 11) is 1.61. The lowest BCUT2D eigenvalue weighted by atomic mass is 10.1. The van der Waals surface area contributed by atoms with Crippen LogP contribution in [0, 0.1) is 0 Å². The van der Waals surface area contributed by atoms with Gasteiger partial charge < -0.3 is 15.1 Å². The van der Waals surface area contributed by atoms with E-state index in [9.17, 15) is 4.79 Å². The van der Waals surface area contributed by atoms with Crippen molar-refractivity contribution in [1.29, 1.82) is 0 Å². The summed E-state index contributed by atoms with van der Waals surface area (Å²) in [6.45, 7) is 2.73. The number of hydrogen-bond donors (Lipinski definition) is 2. The van der Waals surface area contributed by atoms with Gasteiger partial charge in [-0.2, -0.15) is 0 Å². The van der Waals surface area contributed by atoms with Crippen LogP contribution in [-0.4, -0.2) is 19.6 Å². The van der Waals surface area contributed by atoms with Crippen LogP contribution in [0.1, 0.15) is 18.1 Å². The molecule has 2 N–H and O–H groups in total. The number of amides is 2. The Morgan fingerprint density at radius 3 is 2.94 bits per heavy atom. The molecular weight excluding hydrogens is 228 g/mol. The third-order valence-electron chi connectivity index (χ3n) is 3.03. The molecular formula is C14H18N2O2. The van der Waals surface area contributed by atoms with Crippen LogP contribution in [0.3, 0.4) is 0 Å². The summed E-state index contributed by atoms with van der Waals surface area (Å²) in [6.07, 6.45) is 3.56. The van der Waals surface area contributed by atoms with Crippen molar-refractivity contribution in [2.24, 2.45) is 0 Å². The molecule has 0 aliphatic rings. The topological polar surface area (TPSA) is 54.3 Å². The second-order valence-electron chi connectivity index (χ2n) is 4.20. The molecule has 0 saturated carbocycles. The third kappa shape index (κ3) is 2.64. The summed E-state index contributed by atoms with van der Waals surface area (Å²) in [5.41, 5.74) is 3.34. The maximum Gasteiger partial charge on any atom is 0.314 e. The monoisotopic (exact) mass is 246 g/mol. The predicted molar refractivity (Wildman–Crippen MR) is 71.8 cm³/mol. The van der Waals surface area contributed by atoms with Gasteiger partial charge in [-0.3, -0.25) is 0 Å². The average molecular weight is 246 g/mol. The second kappa shape index (κ2) is 5.58. The number of rotatable bonds is 4. The summed E-state index contributed by atoms with van der Waals surface area (Å²) in [4.78, 5) is 11.1. The van der Waals surface area contributed by atoms with Gasteiger partial charge in [0, 0.05) is 19.0 Å². The molecule has 0 aliphatic heterocycles. The SMILES string of the molecule is CCc1ccc2occ(CCNC(=O)NC)c2c1. The van der Waals surface area contributed by atoms with E-state index in [0.29, 0.717) is 6.54 Å². The van der Waals surface area contributed by atoms with E-state index in [4.69, 9.17) is 4.42 Å². The zero-order chi connectivity index (χ0) is 13.0. The highest BCUT2D eigenvalue weighted by atomic mass is 16.3. The molecule has 0 atom stereocenters. The maximum absolute atomic E-state index is 11.1. The Hall–Kier alpha value is -1.97. The molecule has 1 aromatic carbocycles. The number of carbonyl (C=O) groups is 1. The second-order valence-corrected chi connectivity index (χ2v) is 4.20. The molecule has 2 aromatic rings. The van der Waals surface area contributed by atoms with Crippen molar-refractivity contribution >= 4 is 17.0 Å². The Morgan fingerprint density at radius 1 is 1.39 bits per heavy atom.